The van der Waals surface area contributed by atoms with Gasteiger partial charge in [0, 0.05) is 71.9 Å². The number of benzene rings is 11. The number of hydrogen-bond acceptors (Lipinski definition) is 8. The van der Waals surface area contributed by atoms with Crippen molar-refractivity contribution in [2.75, 3.05) is 0 Å². The smallest absolute Gasteiger partial charge is 0.164 e. The van der Waals surface area contributed by atoms with E-state index >= 15 is 0 Å². The average Bonchev–Trinajstić information content (AvgIpc) is 2.65. The third-order valence-corrected chi connectivity index (χ3v) is 16.6. The van der Waals surface area contributed by atoms with E-state index in [1.54, 1.807) is 11.3 Å². The van der Waals surface area contributed by atoms with Crippen LogP contribution in [0.2, 0.25) is 0 Å². The van der Waals surface area contributed by atoms with E-state index in [4.69, 9.17) is 34.9 Å². The van der Waals surface area contributed by atoms with Gasteiger partial charge >= 0.3 is 0 Å². The van der Waals surface area contributed by atoms with E-state index in [1.807, 2.05) is 127 Å². The molecule has 11 aromatic carbocycles. The first-order chi connectivity index (χ1) is 41.1. The Bertz CT molecular complexity index is 4990. The Kier molecular flexibility index (Phi) is 11.5. The third kappa shape index (κ3) is 8.52. The molecule has 83 heavy (non-hydrogen) atoms. The summed E-state index contributed by atoms with van der Waals surface area (Å²) in [6.07, 6.45) is 0. The molecule has 0 atom stereocenters. The van der Waals surface area contributed by atoms with E-state index in [1.165, 1.54) is 10.8 Å². The number of rotatable bonds is 10. The van der Waals surface area contributed by atoms with Crippen LogP contribution >= 0.6 is 11.3 Å². The van der Waals surface area contributed by atoms with Crippen molar-refractivity contribution in [3.05, 3.63) is 273 Å². The summed E-state index contributed by atoms with van der Waals surface area (Å²) < 4.78 is 5.89. The van der Waals surface area contributed by atoms with Crippen molar-refractivity contribution < 1.29 is 0 Å². The molecule has 5 heterocycles. The van der Waals surface area contributed by atoms with Gasteiger partial charge in [-0.15, -0.1) is 11.3 Å². The van der Waals surface area contributed by atoms with E-state index in [-0.39, 0.29) is 0 Å². The molecule has 5 aromatic heterocycles. The molecule has 10 heteroatoms. The van der Waals surface area contributed by atoms with Crippen LogP contribution in [-0.2, 0) is 0 Å². The Balaban J connectivity index is 0.800. The van der Waals surface area contributed by atoms with Gasteiger partial charge in [0.15, 0.2) is 34.9 Å². The van der Waals surface area contributed by atoms with Gasteiger partial charge in [0.25, 0.3) is 0 Å². The molecule has 0 aliphatic rings. The Morgan fingerprint density at radius 3 is 1.05 bits per heavy atom. The maximum absolute atomic E-state index is 5.22. The lowest BCUT2D eigenvalue weighted by Gasteiger charge is -2.11. The first-order valence-electron chi connectivity index (χ1n) is 27.5. The summed E-state index contributed by atoms with van der Waals surface area (Å²) in [5.74, 6) is 3.75. The summed E-state index contributed by atoms with van der Waals surface area (Å²) in [4.78, 5) is 35.2. The summed E-state index contributed by atoms with van der Waals surface area (Å²) in [5.41, 5.74) is 16.4. The molecule has 0 aliphatic carbocycles. The number of thiazole rings is 1. The lowest BCUT2D eigenvalue weighted by Crippen LogP contribution is -2.00. The van der Waals surface area contributed by atoms with Gasteiger partial charge in [0.2, 0.25) is 0 Å². The van der Waals surface area contributed by atoms with E-state index in [2.05, 4.69) is 155 Å². The number of aromatic nitrogens is 9. The Morgan fingerprint density at radius 2 is 0.590 bits per heavy atom. The minimum Gasteiger partial charge on any atom is -0.309 e. The highest BCUT2D eigenvalue weighted by Crippen LogP contribution is 2.43. The molecule has 0 fully saturated rings. The van der Waals surface area contributed by atoms with Crippen molar-refractivity contribution in [3.63, 3.8) is 0 Å². The lowest BCUT2D eigenvalue weighted by atomic mass is 10.0. The van der Waals surface area contributed by atoms with Crippen molar-refractivity contribution in [1.29, 1.82) is 0 Å². The highest BCUT2D eigenvalue weighted by molar-refractivity contribution is 7.22. The van der Waals surface area contributed by atoms with Crippen LogP contribution in [0.1, 0.15) is 0 Å². The quantitative estimate of drug-likeness (QED) is 0.134. The molecule has 0 radical (unpaired) electrons. The molecule has 9 nitrogen and oxygen atoms in total. The minimum atomic E-state index is 0.609. The maximum atomic E-state index is 5.22. The van der Waals surface area contributed by atoms with Crippen molar-refractivity contribution in [2.24, 2.45) is 0 Å². The van der Waals surface area contributed by atoms with Crippen molar-refractivity contribution in [3.8, 4) is 101 Å². The van der Waals surface area contributed by atoms with Crippen LogP contribution < -0.4 is 0 Å². The first-order valence-corrected chi connectivity index (χ1v) is 28.4. The van der Waals surface area contributed by atoms with Crippen LogP contribution in [0.3, 0.4) is 0 Å². The summed E-state index contributed by atoms with van der Waals surface area (Å²) in [5, 5.41) is 5.65. The Labute approximate surface area is 480 Å². The summed E-state index contributed by atoms with van der Waals surface area (Å²) >= 11 is 1.74. The van der Waals surface area contributed by atoms with Crippen molar-refractivity contribution in [1.82, 2.24) is 44.0 Å². The molecule has 0 N–H and O–H groups in total. The normalized spacial score (nSPS) is 11.6. The second-order valence-corrected chi connectivity index (χ2v) is 21.5. The van der Waals surface area contributed by atoms with Crippen molar-refractivity contribution in [2.45, 2.75) is 0 Å². The molecule has 0 unspecified atom stereocenters. The molecule has 16 rings (SSSR count). The number of hydrogen-bond donors (Lipinski definition) is 0. The summed E-state index contributed by atoms with van der Waals surface area (Å²) in [6, 6.07) is 94.9. The van der Waals surface area contributed by atoms with Crippen LogP contribution in [0.25, 0.3) is 155 Å². The highest BCUT2D eigenvalue weighted by atomic mass is 32.1. The van der Waals surface area contributed by atoms with Gasteiger partial charge in [-0.3, -0.25) is 0 Å². The molecular formula is C73H45N9S. The van der Waals surface area contributed by atoms with Gasteiger partial charge in [-0.1, -0.05) is 182 Å². The Morgan fingerprint density at radius 1 is 0.241 bits per heavy atom. The van der Waals surface area contributed by atoms with E-state index in [9.17, 15) is 0 Å². The fraction of sp³-hybridized carbons (Fsp3) is 0. The predicted octanol–water partition coefficient (Wildman–Crippen LogP) is 18.2. The molecule has 0 saturated carbocycles. The maximum Gasteiger partial charge on any atom is 0.164 e. The van der Waals surface area contributed by atoms with Crippen LogP contribution in [-0.4, -0.2) is 44.0 Å². The Hall–Kier alpha value is -11.1. The van der Waals surface area contributed by atoms with Crippen molar-refractivity contribution >= 4 is 65.2 Å². The lowest BCUT2D eigenvalue weighted by molar-refractivity contribution is 1.07. The monoisotopic (exact) mass is 1080 g/mol. The average molecular weight is 1080 g/mol. The summed E-state index contributed by atoms with van der Waals surface area (Å²) in [7, 11) is 0. The SMILES string of the molecule is c1ccc(-c2nc(-c3ccccc3)nc(-c3ccc(-n4c5ccccc5c5cc(-c6ccc7c(c6)c6ccc8nc(-c9ccccc9)sc8c6n7-c6ccc(-c7nc(-c8ccccc8)nc(-c8ccccc8)n7)cc6)ccc54)cc3)n2)cc1. The zero-order chi connectivity index (χ0) is 54.8. The number of nitrogens with zero attached hydrogens (tertiary/aromatic N) is 9. The second-order valence-electron chi connectivity index (χ2n) is 20.5. The molecule has 0 aliphatic heterocycles. The van der Waals surface area contributed by atoms with Gasteiger partial charge in [-0.2, -0.15) is 0 Å². The van der Waals surface area contributed by atoms with Gasteiger partial charge in [0.05, 0.1) is 32.3 Å². The molecule has 388 valence electrons. The van der Waals surface area contributed by atoms with Gasteiger partial charge in [-0.05, 0) is 102 Å². The molecule has 0 bridgehead atoms. The van der Waals surface area contributed by atoms with Crippen LogP contribution in [0, 0.1) is 0 Å². The number of fused-ring (bicyclic) bond motifs is 8. The molecule has 16 aromatic rings. The standard InChI is InChI=1S/C73H45N9S/c1-6-18-46(19-7-1)67-75-68(47-20-8-2-9-21-47)78-71(77-67)50-30-36-55(37-31-50)81-62-29-17-16-28-57(62)59-44-53(34-42-63(59)81)54-35-43-64-60(45-54)58-40-41-61-66(83-73(74-61)52-26-14-5-15-27-52)65(58)82(64)56-38-32-51(33-39-56)72-79-69(48-22-10-3-11-23-48)76-70(80-72)49-24-12-4-13-25-49/h1-45H. The summed E-state index contributed by atoms with van der Waals surface area (Å²) in [6.45, 7) is 0. The molecule has 0 saturated heterocycles. The number of para-hydroxylation sites is 1. The second kappa shape index (κ2) is 19.9. The van der Waals surface area contributed by atoms with Crippen LogP contribution in [0.4, 0.5) is 0 Å². The first kappa shape index (κ1) is 47.9. The van der Waals surface area contributed by atoms with Crippen LogP contribution in [0.5, 0.6) is 0 Å². The highest BCUT2D eigenvalue weighted by Gasteiger charge is 2.22. The molecule has 0 amide bonds. The van der Waals surface area contributed by atoms with E-state index in [0.29, 0.717) is 34.9 Å². The molecule has 0 spiro atoms. The fourth-order valence-electron chi connectivity index (χ4n) is 11.5. The topological polar surface area (TPSA) is 100 Å². The molecular weight excluding hydrogens is 1030 g/mol. The minimum absolute atomic E-state index is 0.609. The largest absolute Gasteiger partial charge is 0.309 e. The predicted molar refractivity (Wildman–Crippen MR) is 339 cm³/mol. The van der Waals surface area contributed by atoms with Gasteiger partial charge in [-0.25, -0.2) is 34.9 Å². The third-order valence-electron chi connectivity index (χ3n) is 15.5. The fourth-order valence-corrected chi connectivity index (χ4v) is 12.6. The van der Waals surface area contributed by atoms with Gasteiger partial charge < -0.3 is 9.13 Å². The zero-order valence-corrected chi connectivity index (χ0v) is 45.2. The van der Waals surface area contributed by atoms with E-state index < -0.39 is 0 Å². The zero-order valence-electron chi connectivity index (χ0n) is 44.4. The van der Waals surface area contributed by atoms with Crippen LogP contribution in [0.15, 0.2) is 273 Å². The van der Waals surface area contributed by atoms with Gasteiger partial charge in [0.1, 0.15) is 5.01 Å². The van der Waals surface area contributed by atoms with E-state index in [0.717, 1.165) is 110 Å².